The van der Waals surface area contributed by atoms with Crippen LogP contribution in [0.5, 0.6) is 0 Å². The highest BCUT2D eigenvalue weighted by Crippen LogP contribution is 2.18. The minimum atomic E-state index is -0.0195. The fourth-order valence-electron chi connectivity index (χ4n) is 2.69. The third kappa shape index (κ3) is 2.90. The molecule has 1 amide bonds. The number of rotatable bonds is 2. The fourth-order valence-corrected chi connectivity index (χ4v) is 2.69. The third-order valence-electron chi connectivity index (χ3n) is 3.85. The molecule has 6 heteroatoms. The van der Waals surface area contributed by atoms with Crippen LogP contribution < -0.4 is 4.90 Å². The average molecular weight is 276 g/mol. The molecule has 0 aliphatic carbocycles. The molecule has 6 nitrogen and oxygen atoms in total. The van der Waals surface area contributed by atoms with E-state index in [9.17, 15) is 4.79 Å². The van der Waals surface area contributed by atoms with Crippen LogP contribution in [0.1, 0.15) is 29.8 Å². The standard InChI is InChI=1S/C14H20N4O2/c19-14(18-6-8-20-9-7-18)12-10-13(16-11-15-12)17-4-2-1-3-5-17/h10-11H,1-9H2. The SMILES string of the molecule is O=C(c1cc(N2CCCCC2)ncn1)N1CCOCC1. The summed E-state index contributed by atoms with van der Waals surface area (Å²) < 4.78 is 5.27. The molecule has 3 rings (SSSR count). The van der Waals surface area contributed by atoms with E-state index in [0.29, 0.717) is 32.0 Å². The Morgan fingerprint density at radius 1 is 1.05 bits per heavy atom. The van der Waals surface area contributed by atoms with Crippen LogP contribution in [0.15, 0.2) is 12.4 Å². The van der Waals surface area contributed by atoms with Crippen molar-refractivity contribution in [1.82, 2.24) is 14.9 Å². The Balaban J connectivity index is 1.74. The number of morpholine rings is 1. The Hall–Kier alpha value is -1.69. The van der Waals surface area contributed by atoms with Crippen LogP contribution >= 0.6 is 0 Å². The van der Waals surface area contributed by atoms with Gasteiger partial charge in [-0.05, 0) is 19.3 Å². The van der Waals surface area contributed by atoms with Crippen LogP contribution in [0.4, 0.5) is 5.82 Å². The van der Waals surface area contributed by atoms with Crippen LogP contribution in [-0.2, 0) is 4.74 Å². The first-order chi connectivity index (χ1) is 9.84. The van der Waals surface area contributed by atoms with Crippen LogP contribution in [-0.4, -0.2) is 60.2 Å². The molecule has 0 aromatic carbocycles. The van der Waals surface area contributed by atoms with Crippen LogP contribution in [0.25, 0.3) is 0 Å². The number of carbonyl (C=O) groups excluding carboxylic acids is 1. The number of hydrogen-bond donors (Lipinski definition) is 0. The summed E-state index contributed by atoms with van der Waals surface area (Å²) in [5.74, 6) is 0.852. The average Bonchev–Trinajstić information content (AvgIpc) is 2.56. The summed E-state index contributed by atoms with van der Waals surface area (Å²) in [6.07, 6.45) is 5.16. The van der Waals surface area contributed by atoms with Gasteiger partial charge in [0.25, 0.3) is 5.91 Å². The number of amides is 1. The molecule has 0 radical (unpaired) electrons. The number of hydrogen-bond acceptors (Lipinski definition) is 5. The second-order valence-corrected chi connectivity index (χ2v) is 5.21. The monoisotopic (exact) mass is 276 g/mol. The molecule has 0 bridgehead atoms. The van der Waals surface area contributed by atoms with Crippen LogP contribution in [0.2, 0.25) is 0 Å². The molecule has 2 aliphatic rings. The van der Waals surface area contributed by atoms with Gasteiger partial charge in [0.05, 0.1) is 13.2 Å². The number of nitrogens with zero attached hydrogens (tertiary/aromatic N) is 4. The van der Waals surface area contributed by atoms with Gasteiger partial charge in [0.2, 0.25) is 0 Å². The molecule has 0 atom stereocenters. The molecule has 3 heterocycles. The zero-order chi connectivity index (χ0) is 13.8. The van der Waals surface area contributed by atoms with Crippen LogP contribution in [0.3, 0.4) is 0 Å². The van der Waals surface area contributed by atoms with Gasteiger partial charge in [-0.1, -0.05) is 0 Å². The Morgan fingerprint density at radius 3 is 2.55 bits per heavy atom. The van der Waals surface area contributed by atoms with E-state index in [1.165, 1.54) is 25.6 Å². The minimum Gasteiger partial charge on any atom is -0.378 e. The Labute approximate surface area is 118 Å². The van der Waals surface area contributed by atoms with Crippen molar-refractivity contribution < 1.29 is 9.53 Å². The highest BCUT2D eigenvalue weighted by Gasteiger charge is 2.21. The van der Waals surface area contributed by atoms with Crippen molar-refractivity contribution in [3.8, 4) is 0 Å². The number of anilines is 1. The van der Waals surface area contributed by atoms with E-state index in [2.05, 4.69) is 14.9 Å². The number of piperidine rings is 1. The first kappa shape index (κ1) is 13.3. The molecule has 108 valence electrons. The molecule has 20 heavy (non-hydrogen) atoms. The largest absolute Gasteiger partial charge is 0.378 e. The van der Waals surface area contributed by atoms with Gasteiger partial charge in [0.15, 0.2) is 0 Å². The molecule has 1 aromatic heterocycles. The van der Waals surface area contributed by atoms with Gasteiger partial charge in [0, 0.05) is 32.2 Å². The van der Waals surface area contributed by atoms with Gasteiger partial charge in [-0.25, -0.2) is 9.97 Å². The van der Waals surface area contributed by atoms with Crippen molar-refractivity contribution >= 4 is 11.7 Å². The summed E-state index contributed by atoms with van der Waals surface area (Å²) in [6.45, 7) is 4.53. The van der Waals surface area contributed by atoms with Crippen molar-refractivity contribution in [2.75, 3.05) is 44.3 Å². The molecule has 2 saturated heterocycles. The predicted octanol–water partition coefficient (Wildman–Crippen LogP) is 0.939. The molecular formula is C14H20N4O2. The summed E-state index contributed by atoms with van der Waals surface area (Å²) in [7, 11) is 0. The second-order valence-electron chi connectivity index (χ2n) is 5.21. The van der Waals surface area contributed by atoms with Crippen molar-refractivity contribution in [2.24, 2.45) is 0 Å². The summed E-state index contributed by atoms with van der Waals surface area (Å²) in [6, 6.07) is 1.82. The van der Waals surface area contributed by atoms with Gasteiger partial charge in [-0.15, -0.1) is 0 Å². The Bertz CT molecular complexity index is 468. The quantitative estimate of drug-likeness (QED) is 0.804. The minimum absolute atomic E-state index is 0.0195. The van der Waals surface area contributed by atoms with Crippen molar-refractivity contribution in [1.29, 1.82) is 0 Å². The number of aromatic nitrogens is 2. The van der Waals surface area contributed by atoms with Crippen LogP contribution in [0, 0.1) is 0 Å². The molecule has 0 unspecified atom stereocenters. The lowest BCUT2D eigenvalue weighted by atomic mass is 10.1. The Morgan fingerprint density at radius 2 is 1.80 bits per heavy atom. The second kappa shape index (κ2) is 6.17. The zero-order valence-corrected chi connectivity index (χ0v) is 11.6. The highest BCUT2D eigenvalue weighted by atomic mass is 16.5. The highest BCUT2D eigenvalue weighted by molar-refractivity contribution is 5.93. The molecule has 0 spiro atoms. The van der Waals surface area contributed by atoms with E-state index in [0.717, 1.165) is 18.9 Å². The number of ether oxygens (including phenoxy) is 1. The molecule has 0 saturated carbocycles. The fraction of sp³-hybridized carbons (Fsp3) is 0.643. The maximum atomic E-state index is 12.4. The lowest BCUT2D eigenvalue weighted by molar-refractivity contribution is 0.0299. The van der Waals surface area contributed by atoms with E-state index in [4.69, 9.17) is 4.74 Å². The van der Waals surface area contributed by atoms with Gasteiger partial charge in [0.1, 0.15) is 17.8 Å². The van der Waals surface area contributed by atoms with Gasteiger partial charge >= 0.3 is 0 Å². The summed E-state index contributed by atoms with van der Waals surface area (Å²) in [5.41, 5.74) is 0.488. The van der Waals surface area contributed by atoms with Crippen molar-refractivity contribution in [3.05, 3.63) is 18.1 Å². The first-order valence-corrected chi connectivity index (χ1v) is 7.28. The van der Waals surface area contributed by atoms with E-state index in [1.54, 1.807) is 4.90 Å². The first-order valence-electron chi connectivity index (χ1n) is 7.28. The van der Waals surface area contributed by atoms with Crippen molar-refractivity contribution in [2.45, 2.75) is 19.3 Å². The Kier molecular flexibility index (Phi) is 4.11. The lowest BCUT2D eigenvalue weighted by Crippen LogP contribution is -2.41. The predicted molar refractivity (Wildman–Crippen MR) is 74.8 cm³/mol. The molecule has 0 N–H and O–H groups in total. The smallest absolute Gasteiger partial charge is 0.272 e. The summed E-state index contributed by atoms with van der Waals surface area (Å²) in [4.78, 5) is 24.9. The summed E-state index contributed by atoms with van der Waals surface area (Å²) in [5, 5.41) is 0. The maximum absolute atomic E-state index is 12.4. The molecule has 2 aliphatic heterocycles. The van der Waals surface area contributed by atoms with E-state index >= 15 is 0 Å². The molecule has 2 fully saturated rings. The van der Waals surface area contributed by atoms with E-state index < -0.39 is 0 Å². The lowest BCUT2D eigenvalue weighted by Gasteiger charge is -2.29. The van der Waals surface area contributed by atoms with Gasteiger partial charge < -0.3 is 14.5 Å². The topological polar surface area (TPSA) is 58.6 Å². The van der Waals surface area contributed by atoms with E-state index in [-0.39, 0.29) is 5.91 Å². The maximum Gasteiger partial charge on any atom is 0.272 e. The summed E-state index contributed by atoms with van der Waals surface area (Å²) >= 11 is 0. The zero-order valence-electron chi connectivity index (χ0n) is 11.6. The normalized spacial score (nSPS) is 20.0. The third-order valence-corrected chi connectivity index (χ3v) is 3.85. The molecule has 1 aromatic rings. The van der Waals surface area contributed by atoms with Gasteiger partial charge in [-0.3, -0.25) is 4.79 Å². The van der Waals surface area contributed by atoms with Crippen molar-refractivity contribution in [3.63, 3.8) is 0 Å². The molecular weight excluding hydrogens is 256 g/mol. The van der Waals surface area contributed by atoms with Gasteiger partial charge in [-0.2, -0.15) is 0 Å². The number of carbonyl (C=O) groups is 1. The van der Waals surface area contributed by atoms with E-state index in [1.807, 2.05) is 6.07 Å².